The minimum atomic E-state index is -0.302. The molecule has 2 heterocycles. The molecule has 3 atom stereocenters. The Morgan fingerprint density at radius 1 is 0.587 bits per heavy atom. The van der Waals surface area contributed by atoms with Crippen LogP contribution in [0.2, 0.25) is 0 Å². The Morgan fingerprint density at radius 3 is 1.30 bits per heavy atom. The van der Waals surface area contributed by atoms with Crippen molar-refractivity contribution in [2.24, 2.45) is 23.7 Å². The van der Waals surface area contributed by atoms with Crippen molar-refractivity contribution in [3.63, 3.8) is 0 Å². The average molecular weight is 641 g/mol. The van der Waals surface area contributed by atoms with Crippen molar-refractivity contribution >= 4 is 11.9 Å². The number of aromatic amines is 2. The van der Waals surface area contributed by atoms with Crippen molar-refractivity contribution in [2.75, 3.05) is 13.2 Å². The number of H-pyrrole nitrogens is 2. The highest BCUT2D eigenvalue weighted by Crippen LogP contribution is 2.39. The van der Waals surface area contributed by atoms with Gasteiger partial charge >= 0.3 is 11.9 Å². The fourth-order valence-electron chi connectivity index (χ4n) is 7.34. The number of aromatic nitrogens is 2. The Morgan fingerprint density at radius 2 is 0.957 bits per heavy atom. The number of carbonyl (C=O) groups excluding carboxylic acids is 2. The minimum absolute atomic E-state index is 0.00781. The summed E-state index contributed by atoms with van der Waals surface area (Å²) in [5, 5.41) is 0. The highest BCUT2D eigenvalue weighted by atomic mass is 16.5. The molecule has 2 N–H and O–H groups in total. The van der Waals surface area contributed by atoms with Gasteiger partial charge in [-0.3, -0.25) is 0 Å². The summed E-state index contributed by atoms with van der Waals surface area (Å²) < 4.78 is 10.9. The van der Waals surface area contributed by atoms with E-state index >= 15 is 0 Å². The first-order valence-electron chi connectivity index (χ1n) is 18.7. The molecule has 2 aromatic rings. The van der Waals surface area contributed by atoms with E-state index < -0.39 is 0 Å². The lowest BCUT2D eigenvalue weighted by Crippen LogP contribution is -2.12. The van der Waals surface area contributed by atoms with Gasteiger partial charge in [0.25, 0.3) is 0 Å². The van der Waals surface area contributed by atoms with E-state index in [2.05, 4.69) is 72.3 Å². The minimum Gasteiger partial charge on any atom is -0.461 e. The molecule has 0 bridgehead atoms. The summed E-state index contributed by atoms with van der Waals surface area (Å²) in [4.78, 5) is 33.0. The third-order valence-electron chi connectivity index (χ3n) is 10.1. The topological polar surface area (TPSA) is 84.2 Å². The van der Waals surface area contributed by atoms with Crippen LogP contribution < -0.4 is 0 Å². The molecular weight excluding hydrogens is 572 g/mol. The van der Waals surface area contributed by atoms with Crippen molar-refractivity contribution in [2.45, 2.75) is 159 Å². The normalized spacial score (nSPS) is 13.8. The highest BCUT2D eigenvalue weighted by molar-refractivity contribution is 5.91. The Labute approximate surface area is 281 Å². The molecule has 0 aromatic carbocycles. The Bertz CT molecular complexity index is 1140. The molecule has 2 aromatic heterocycles. The van der Waals surface area contributed by atoms with E-state index in [0.717, 1.165) is 77.1 Å². The Kier molecular flexibility index (Phi) is 17.2. The number of hydrogen-bond donors (Lipinski definition) is 2. The maximum absolute atomic E-state index is 13.0. The molecule has 6 nitrogen and oxygen atoms in total. The quantitative estimate of drug-likeness (QED) is 0.125. The second-order valence-electron chi connectivity index (χ2n) is 14.5. The SMILES string of the molecule is CCOC(=O)c1[nH]c(C(CC(C)CCCC(C)CCCC(C)CCCC(C)C)c2[nH]c(C(=O)OCC)c(CC)c2C)c(C)c1CC. The van der Waals surface area contributed by atoms with E-state index in [0.29, 0.717) is 30.5 Å². The van der Waals surface area contributed by atoms with E-state index in [1.54, 1.807) is 0 Å². The van der Waals surface area contributed by atoms with Gasteiger partial charge in [-0.15, -0.1) is 0 Å². The zero-order valence-electron chi connectivity index (χ0n) is 31.4. The van der Waals surface area contributed by atoms with E-state index in [1.807, 2.05) is 13.8 Å². The molecule has 0 amide bonds. The third kappa shape index (κ3) is 11.3. The molecule has 262 valence electrons. The van der Waals surface area contributed by atoms with Crippen LogP contribution in [0.5, 0.6) is 0 Å². The van der Waals surface area contributed by atoms with Crippen molar-refractivity contribution in [3.05, 3.63) is 45.0 Å². The summed E-state index contributed by atoms with van der Waals surface area (Å²) in [5.41, 5.74) is 7.46. The molecule has 0 saturated heterocycles. The standard InChI is InChI=1S/C40H68N2O4/c1-12-32-30(10)35(41-37(32)39(43)45-14-3)34(36-31(11)33(13-2)38(42-36)40(44)46-15-4)25-29(9)24-18-23-28(8)22-17-21-27(7)20-16-19-26(5)6/h26-29,34,41-42H,12-25H2,1-11H3. The molecule has 0 aliphatic rings. The molecule has 2 rings (SSSR count). The van der Waals surface area contributed by atoms with Gasteiger partial charge in [-0.2, -0.15) is 0 Å². The Hall–Kier alpha value is -2.50. The van der Waals surface area contributed by atoms with Crippen LogP contribution in [0, 0.1) is 37.5 Å². The van der Waals surface area contributed by atoms with Crippen molar-refractivity contribution < 1.29 is 19.1 Å². The number of carbonyl (C=O) groups is 2. The Balaban J connectivity index is 2.22. The number of esters is 2. The van der Waals surface area contributed by atoms with Crippen LogP contribution in [-0.4, -0.2) is 35.1 Å². The molecule has 0 radical (unpaired) electrons. The van der Waals surface area contributed by atoms with Crippen LogP contribution >= 0.6 is 0 Å². The predicted molar refractivity (Wildman–Crippen MR) is 192 cm³/mol. The van der Waals surface area contributed by atoms with Gasteiger partial charge in [0.2, 0.25) is 0 Å². The average Bonchev–Trinajstić information content (AvgIpc) is 3.51. The number of ether oxygens (including phenoxy) is 2. The van der Waals surface area contributed by atoms with Crippen LogP contribution in [0.15, 0.2) is 0 Å². The van der Waals surface area contributed by atoms with Gasteiger partial charge in [0, 0.05) is 17.3 Å². The van der Waals surface area contributed by atoms with E-state index in [4.69, 9.17) is 9.47 Å². The van der Waals surface area contributed by atoms with Gasteiger partial charge in [-0.25, -0.2) is 9.59 Å². The molecule has 0 saturated carbocycles. The van der Waals surface area contributed by atoms with Gasteiger partial charge in [0.15, 0.2) is 0 Å². The maximum atomic E-state index is 13.0. The molecule has 3 unspecified atom stereocenters. The summed E-state index contributed by atoms with van der Waals surface area (Å²) >= 11 is 0. The molecular formula is C40H68N2O4. The first kappa shape index (κ1) is 39.7. The van der Waals surface area contributed by atoms with Gasteiger partial charge < -0.3 is 19.4 Å². The van der Waals surface area contributed by atoms with Gasteiger partial charge in [0.1, 0.15) is 11.4 Å². The second kappa shape index (κ2) is 20.0. The maximum Gasteiger partial charge on any atom is 0.355 e. The van der Waals surface area contributed by atoms with Crippen LogP contribution in [0.4, 0.5) is 0 Å². The smallest absolute Gasteiger partial charge is 0.355 e. The molecule has 0 spiro atoms. The fraction of sp³-hybridized carbons (Fsp3) is 0.750. The van der Waals surface area contributed by atoms with Crippen LogP contribution in [0.1, 0.15) is 187 Å². The lowest BCUT2D eigenvalue weighted by Gasteiger charge is -2.23. The molecule has 46 heavy (non-hydrogen) atoms. The van der Waals surface area contributed by atoms with E-state index in [9.17, 15) is 9.59 Å². The summed E-state index contributed by atoms with van der Waals surface area (Å²) in [7, 11) is 0. The zero-order valence-corrected chi connectivity index (χ0v) is 31.4. The van der Waals surface area contributed by atoms with E-state index in [1.165, 1.54) is 51.4 Å². The highest BCUT2D eigenvalue weighted by Gasteiger charge is 2.31. The number of nitrogens with one attached hydrogen (secondary N) is 2. The van der Waals surface area contributed by atoms with Gasteiger partial charge in [-0.1, -0.05) is 106 Å². The fourth-order valence-corrected chi connectivity index (χ4v) is 7.34. The lowest BCUT2D eigenvalue weighted by molar-refractivity contribution is 0.0509. The summed E-state index contributed by atoms with van der Waals surface area (Å²) in [6.07, 6.45) is 14.1. The van der Waals surface area contributed by atoms with Crippen molar-refractivity contribution in [1.82, 2.24) is 9.97 Å². The van der Waals surface area contributed by atoms with Crippen LogP contribution in [-0.2, 0) is 22.3 Å². The van der Waals surface area contributed by atoms with Crippen LogP contribution in [0.25, 0.3) is 0 Å². The molecule has 0 aliphatic carbocycles. The molecule has 0 fully saturated rings. The molecule has 6 heteroatoms. The predicted octanol–water partition coefficient (Wildman–Crippen LogP) is 11.0. The molecule has 0 aliphatic heterocycles. The van der Waals surface area contributed by atoms with Crippen LogP contribution in [0.3, 0.4) is 0 Å². The van der Waals surface area contributed by atoms with Crippen molar-refractivity contribution in [3.8, 4) is 0 Å². The number of hydrogen-bond acceptors (Lipinski definition) is 4. The van der Waals surface area contributed by atoms with Gasteiger partial charge in [0.05, 0.1) is 13.2 Å². The summed E-state index contributed by atoms with van der Waals surface area (Å²) in [5.74, 6) is 2.26. The zero-order chi connectivity index (χ0) is 34.4. The summed E-state index contributed by atoms with van der Waals surface area (Å²) in [6, 6.07) is 0. The third-order valence-corrected chi connectivity index (χ3v) is 10.1. The monoisotopic (exact) mass is 641 g/mol. The van der Waals surface area contributed by atoms with Crippen molar-refractivity contribution in [1.29, 1.82) is 0 Å². The first-order chi connectivity index (χ1) is 21.9. The second-order valence-corrected chi connectivity index (χ2v) is 14.5. The number of rotatable bonds is 22. The van der Waals surface area contributed by atoms with E-state index in [-0.39, 0.29) is 17.9 Å². The lowest BCUT2D eigenvalue weighted by atomic mass is 9.84. The largest absolute Gasteiger partial charge is 0.461 e. The first-order valence-corrected chi connectivity index (χ1v) is 18.7. The van der Waals surface area contributed by atoms with Gasteiger partial charge in [-0.05, 0) is 92.9 Å². The summed E-state index contributed by atoms with van der Waals surface area (Å²) in [6.45, 7) is 24.6.